The van der Waals surface area contributed by atoms with E-state index in [1.807, 2.05) is 37.3 Å². The molecule has 1 aliphatic rings. The Morgan fingerprint density at radius 2 is 1.86 bits per heavy atom. The third-order valence-corrected chi connectivity index (χ3v) is 5.03. The van der Waals surface area contributed by atoms with Crippen LogP contribution in [-0.2, 0) is 13.1 Å². The summed E-state index contributed by atoms with van der Waals surface area (Å²) in [5.41, 5.74) is 2.45. The second-order valence-corrected chi connectivity index (χ2v) is 7.10. The molecule has 148 valence electrons. The first-order chi connectivity index (χ1) is 14.0. The second-order valence-electron chi connectivity index (χ2n) is 7.10. The van der Waals surface area contributed by atoms with Gasteiger partial charge >= 0.3 is 0 Å². The van der Waals surface area contributed by atoms with Gasteiger partial charge in [-0.25, -0.2) is 4.39 Å². The molecule has 0 unspecified atom stereocenters. The highest BCUT2D eigenvalue weighted by Crippen LogP contribution is 2.18. The molecule has 0 aliphatic carbocycles. The number of nitrogens with one attached hydrogen (secondary N) is 1. The predicted molar refractivity (Wildman–Crippen MR) is 106 cm³/mol. The van der Waals surface area contributed by atoms with Crippen LogP contribution in [0.4, 0.5) is 4.39 Å². The Bertz CT molecular complexity index is 1030. The van der Waals surface area contributed by atoms with Crippen LogP contribution in [0.1, 0.15) is 45.1 Å². The molecule has 1 N–H and O–H groups in total. The minimum Gasteiger partial charge on any atom is -0.344 e. The Morgan fingerprint density at radius 3 is 2.59 bits per heavy atom. The topological polar surface area (TPSA) is 67.2 Å². The number of amides is 2. The lowest BCUT2D eigenvalue weighted by Crippen LogP contribution is -2.39. The van der Waals surface area contributed by atoms with Crippen LogP contribution in [0, 0.1) is 5.82 Å². The van der Waals surface area contributed by atoms with Gasteiger partial charge in [0.2, 0.25) is 0 Å². The van der Waals surface area contributed by atoms with E-state index in [-0.39, 0.29) is 29.4 Å². The van der Waals surface area contributed by atoms with Gasteiger partial charge in [0.1, 0.15) is 11.5 Å². The molecule has 6 nitrogen and oxygen atoms in total. The Hall–Kier alpha value is -3.48. The lowest BCUT2D eigenvalue weighted by Gasteiger charge is -2.27. The molecule has 2 amide bonds. The Labute approximate surface area is 167 Å². The van der Waals surface area contributed by atoms with E-state index in [9.17, 15) is 14.0 Å². The van der Waals surface area contributed by atoms with E-state index in [2.05, 4.69) is 10.4 Å². The van der Waals surface area contributed by atoms with Crippen molar-refractivity contribution in [1.29, 1.82) is 0 Å². The number of halogens is 1. The Morgan fingerprint density at radius 1 is 1.14 bits per heavy atom. The monoisotopic (exact) mass is 392 g/mol. The molecule has 0 spiro atoms. The fourth-order valence-electron chi connectivity index (χ4n) is 3.41. The summed E-state index contributed by atoms with van der Waals surface area (Å²) in [5, 5.41) is 7.23. The number of carbonyl (C=O) groups excluding carboxylic acids is 2. The summed E-state index contributed by atoms with van der Waals surface area (Å²) < 4.78 is 14.7. The van der Waals surface area contributed by atoms with E-state index in [4.69, 9.17) is 0 Å². The summed E-state index contributed by atoms with van der Waals surface area (Å²) in [4.78, 5) is 27.1. The first-order valence-electron chi connectivity index (χ1n) is 9.48. The Balaban J connectivity index is 1.46. The van der Waals surface area contributed by atoms with E-state index < -0.39 is 0 Å². The van der Waals surface area contributed by atoms with Gasteiger partial charge in [-0.15, -0.1) is 0 Å². The third-order valence-electron chi connectivity index (χ3n) is 5.03. The standard InChI is InChI=1S/C22H21FN4O2/c1-15(17-5-3-2-4-6-17)24-21(28)19-13-20-22(29)26(11-12-27(20)25-19)14-16-7-9-18(23)10-8-16/h2-10,13,15H,11-12,14H2,1H3,(H,24,28)/t15-/m1/s1. The first kappa shape index (κ1) is 18.9. The number of aromatic nitrogens is 2. The lowest BCUT2D eigenvalue weighted by molar-refractivity contribution is 0.0683. The minimum absolute atomic E-state index is 0.173. The maximum Gasteiger partial charge on any atom is 0.272 e. The number of hydrogen-bond donors (Lipinski definition) is 1. The molecule has 1 aliphatic heterocycles. The zero-order valence-electron chi connectivity index (χ0n) is 16.0. The number of hydrogen-bond acceptors (Lipinski definition) is 3. The van der Waals surface area contributed by atoms with E-state index in [1.54, 1.807) is 21.7 Å². The summed E-state index contributed by atoms with van der Waals surface area (Å²) in [5.74, 6) is -0.818. The molecule has 0 saturated carbocycles. The maximum absolute atomic E-state index is 13.1. The normalized spacial score (nSPS) is 14.4. The second kappa shape index (κ2) is 7.87. The van der Waals surface area contributed by atoms with Gasteiger partial charge < -0.3 is 10.2 Å². The van der Waals surface area contributed by atoms with E-state index in [1.165, 1.54) is 18.2 Å². The highest BCUT2D eigenvalue weighted by atomic mass is 19.1. The molecule has 1 atom stereocenters. The first-order valence-corrected chi connectivity index (χ1v) is 9.48. The summed E-state index contributed by atoms with van der Waals surface area (Å²) >= 11 is 0. The molecular weight excluding hydrogens is 371 g/mol. The van der Waals surface area contributed by atoms with Gasteiger partial charge in [-0.05, 0) is 30.2 Å². The van der Waals surface area contributed by atoms with Crippen molar-refractivity contribution in [3.63, 3.8) is 0 Å². The molecule has 0 saturated heterocycles. The van der Waals surface area contributed by atoms with Crippen LogP contribution in [0.15, 0.2) is 60.7 Å². The van der Waals surface area contributed by atoms with Gasteiger partial charge in [0.05, 0.1) is 12.6 Å². The number of fused-ring (bicyclic) bond motifs is 1. The van der Waals surface area contributed by atoms with Gasteiger partial charge in [-0.1, -0.05) is 42.5 Å². The van der Waals surface area contributed by atoms with Crippen molar-refractivity contribution in [2.75, 3.05) is 6.54 Å². The van der Waals surface area contributed by atoms with Gasteiger partial charge in [-0.2, -0.15) is 5.10 Å². The molecule has 0 radical (unpaired) electrons. The van der Waals surface area contributed by atoms with Crippen LogP contribution in [-0.4, -0.2) is 33.0 Å². The number of rotatable bonds is 5. The van der Waals surface area contributed by atoms with Gasteiger partial charge in [0.25, 0.3) is 11.8 Å². The van der Waals surface area contributed by atoms with Crippen molar-refractivity contribution in [1.82, 2.24) is 20.0 Å². The van der Waals surface area contributed by atoms with Crippen LogP contribution in [0.2, 0.25) is 0 Å². The molecule has 4 rings (SSSR count). The van der Waals surface area contributed by atoms with E-state index >= 15 is 0 Å². The summed E-state index contributed by atoms with van der Waals surface area (Å²) in [6.45, 7) is 3.27. The molecule has 0 bridgehead atoms. The smallest absolute Gasteiger partial charge is 0.272 e. The molecule has 0 fully saturated rings. The molecule has 2 heterocycles. The van der Waals surface area contributed by atoms with Gasteiger partial charge in [0, 0.05) is 19.2 Å². The molecule has 7 heteroatoms. The average molecular weight is 392 g/mol. The van der Waals surface area contributed by atoms with Gasteiger partial charge in [0.15, 0.2) is 5.69 Å². The van der Waals surface area contributed by atoms with Crippen molar-refractivity contribution in [3.8, 4) is 0 Å². The van der Waals surface area contributed by atoms with E-state index in [0.29, 0.717) is 25.3 Å². The van der Waals surface area contributed by atoms with Crippen LogP contribution in [0.5, 0.6) is 0 Å². The fraction of sp³-hybridized carbons (Fsp3) is 0.227. The third kappa shape index (κ3) is 4.03. The molecule has 29 heavy (non-hydrogen) atoms. The number of nitrogens with zero attached hydrogens (tertiary/aromatic N) is 3. The van der Waals surface area contributed by atoms with Crippen LogP contribution in [0.3, 0.4) is 0 Å². The zero-order chi connectivity index (χ0) is 20.4. The number of benzene rings is 2. The zero-order valence-corrected chi connectivity index (χ0v) is 16.0. The SMILES string of the molecule is C[C@@H](NC(=O)c1cc2n(n1)CCN(Cc1ccc(F)cc1)C2=O)c1ccccc1. The van der Waals surface area contributed by atoms with Crippen molar-refractivity contribution in [2.24, 2.45) is 0 Å². The van der Waals surface area contributed by atoms with Crippen molar-refractivity contribution >= 4 is 11.8 Å². The highest BCUT2D eigenvalue weighted by Gasteiger charge is 2.28. The lowest BCUT2D eigenvalue weighted by atomic mass is 10.1. The number of carbonyl (C=O) groups is 2. The van der Waals surface area contributed by atoms with Crippen molar-refractivity contribution < 1.29 is 14.0 Å². The highest BCUT2D eigenvalue weighted by molar-refractivity contribution is 5.98. The van der Waals surface area contributed by atoms with Crippen LogP contribution >= 0.6 is 0 Å². The molecular formula is C22H21FN4O2. The minimum atomic E-state index is -0.318. The largest absolute Gasteiger partial charge is 0.344 e. The average Bonchev–Trinajstić information content (AvgIpc) is 3.18. The van der Waals surface area contributed by atoms with Crippen LogP contribution < -0.4 is 5.32 Å². The summed E-state index contributed by atoms with van der Waals surface area (Å²) in [7, 11) is 0. The quantitative estimate of drug-likeness (QED) is 0.725. The van der Waals surface area contributed by atoms with Gasteiger partial charge in [-0.3, -0.25) is 14.3 Å². The predicted octanol–water partition coefficient (Wildman–Crippen LogP) is 3.17. The molecule has 1 aromatic heterocycles. The van der Waals surface area contributed by atoms with Crippen molar-refractivity contribution in [3.05, 3.63) is 89.0 Å². The summed E-state index contributed by atoms with van der Waals surface area (Å²) in [6.07, 6.45) is 0. The van der Waals surface area contributed by atoms with Crippen molar-refractivity contribution in [2.45, 2.75) is 26.1 Å². The Kier molecular flexibility index (Phi) is 5.12. The van der Waals surface area contributed by atoms with E-state index in [0.717, 1.165) is 11.1 Å². The summed E-state index contributed by atoms with van der Waals surface area (Å²) in [6, 6.07) is 17.1. The fourth-order valence-corrected chi connectivity index (χ4v) is 3.41. The molecule has 2 aromatic carbocycles. The van der Waals surface area contributed by atoms with Crippen LogP contribution in [0.25, 0.3) is 0 Å². The maximum atomic E-state index is 13.1. The molecule has 3 aromatic rings.